The summed E-state index contributed by atoms with van der Waals surface area (Å²) in [7, 11) is 0. The molecule has 0 bridgehead atoms. The van der Waals surface area contributed by atoms with Crippen LogP contribution in [0.1, 0.15) is 28.1 Å². The zero-order valence-corrected chi connectivity index (χ0v) is 15.0. The Hall–Kier alpha value is -3.08. The number of aryl methyl sites for hydroxylation is 2. The number of carbonyl (C=O) groups excluding carboxylic acids is 1. The lowest BCUT2D eigenvalue weighted by Gasteiger charge is -2.08. The Labute approximate surface area is 153 Å². The van der Waals surface area contributed by atoms with Crippen molar-refractivity contribution in [3.63, 3.8) is 0 Å². The molecule has 0 aliphatic carbocycles. The molecule has 134 valence electrons. The molecular formula is C21H22N2O3. The molecule has 1 aromatic heterocycles. The second-order valence-electron chi connectivity index (χ2n) is 6.17. The maximum atomic E-state index is 12.1. The Morgan fingerprint density at radius 2 is 1.77 bits per heavy atom. The average molecular weight is 350 g/mol. The van der Waals surface area contributed by atoms with Crippen LogP contribution in [0.25, 0.3) is 0 Å². The molecule has 0 aliphatic heterocycles. The second-order valence-corrected chi connectivity index (χ2v) is 6.17. The molecule has 0 saturated carbocycles. The van der Waals surface area contributed by atoms with E-state index in [9.17, 15) is 4.79 Å². The molecule has 3 rings (SSSR count). The predicted octanol–water partition coefficient (Wildman–Crippen LogP) is 3.73. The Morgan fingerprint density at radius 3 is 2.42 bits per heavy atom. The summed E-state index contributed by atoms with van der Waals surface area (Å²) in [6.07, 6.45) is 0.277. The van der Waals surface area contributed by atoms with Crippen LogP contribution in [0, 0.1) is 13.8 Å². The summed E-state index contributed by atoms with van der Waals surface area (Å²) >= 11 is 0. The van der Waals surface area contributed by atoms with E-state index in [0.29, 0.717) is 18.9 Å². The van der Waals surface area contributed by atoms with Gasteiger partial charge in [-0.1, -0.05) is 47.6 Å². The quantitative estimate of drug-likeness (QED) is 0.705. The number of rotatable bonds is 7. The highest BCUT2D eigenvalue weighted by Gasteiger charge is 2.13. The molecule has 5 nitrogen and oxygen atoms in total. The van der Waals surface area contributed by atoms with Gasteiger partial charge in [0.25, 0.3) is 0 Å². The van der Waals surface area contributed by atoms with E-state index in [2.05, 4.69) is 10.5 Å². The van der Waals surface area contributed by atoms with E-state index in [1.807, 2.05) is 68.4 Å². The van der Waals surface area contributed by atoms with Crippen LogP contribution in [0.3, 0.4) is 0 Å². The van der Waals surface area contributed by atoms with Crippen LogP contribution in [0.2, 0.25) is 0 Å². The van der Waals surface area contributed by atoms with E-state index in [1.165, 1.54) is 0 Å². The normalized spacial score (nSPS) is 10.5. The Morgan fingerprint density at radius 1 is 1.04 bits per heavy atom. The molecule has 0 spiro atoms. The molecule has 1 heterocycles. The fourth-order valence-corrected chi connectivity index (χ4v) is 2.62. The van der Waals surface area contributed by atoms with Crippen LogP contribution >= 0.6 is 0 Å². The second kappa shape index (κ2) is 8.34. The minimum absolute atomic E-state index is 0.0520. The van der Waals surface area contributed by atoms with Gasteiger partial charge in [0.15, 0.2) is 0 Å². The summed E-state index contributed by atoms with van der Waals surface area (Å²) in [5.41, 5.74) is 3.76. The van der Waals surface area contributed by atoms with Gasteiger partial charge in [-0.15, -0.1) is 0 Å². The molecular weight excluding hydrogens is 328 g/mol. The first-order valence-electron chi connectivity index (χ1n) is 8.56. The summed E-state index contributed by atoms with van der Waals surface area (Å²) in [4.78, 5) is 12.1. The third kappa shape index (κ3) is 4.72. The van der Waals surface area contributed by atoms with Gasteiger partial charge in [0, 0.05) is 12.1 Å². The van der Waals surface area contributed by atoms with Crippen LogP contribution in [-0.2, 0) is 24.4 Å². The monoisotopic (exact) mass is 350 g/mol. The Kier molecular flexibility index (Phi) is 5.69. The molecule has 0 atom stereocenters. The van der Waals surface area contributed by atoms with Crippen molar-refractivity contribution in [1.29, 1.82) is 0 Å². The molecule has 5 heteroatoms. The SMILES string of the molecule is Cc1noc(C)c1CC(=O)NCc1ccc(OCc2ccccc2)cc1. The van der Waals surface area contributed by atoms with E-state index in [1.54, 1.807) is 0 Å². The number of nitrogens with zero attached hydrogens (tertiary/aromatic N) is 1. The van der Waals surface area contributed by atoms with Gasteiger partial charge >= 0.3 is 0 Å². The van der Waals surface area contributed by atoms with E-state index < -0.39 is 0 Å². The molecule has 0 fully saturated rings. The van der Waals surface area contributed by atoms with E-state index in [0.717, 1.165) is 28.1 Å². The maximum absolute atomic E-state index is 12.1. The third-order valence-corrected chi connectivity index (χ3v) is 4.18. The third-order valence-electron chi connectivity index (χ3n) is 4.18. The zero-order valence-electron chi connectivity index (χ0n) is 15.0. The number of benzene rings is 2. The molecule has 3 aromatic rings. The first-order chi connectivity index (χ1) is 12.6. The van der Waals surface area contributed by atoms with Gasteiger partial charge in [-0.3, -0.25) is 4.79 Å². The first kappa shape index (κ1) is 17.7. The lowest BCUT2D eigenvalue weighted by Crippen LogP contribution is -2.24. The van der Waals surface area contributed by atoms with Crippen molar-refractivity contribution >= 4 is 5.91 Å². The molecule has 0 unspecified atom stereocenters. The van der Waals surface area contributed by atoms with Crippen molar-refractivity contribution in [3.05, 3.63) is 82.7 Å². The number of hydrogen-bond donors (Lipinski definition) is 1. The summed E-state index contributed by atoms with van der Waals surface area (Å²) in [6.45, 7) is 4.67. The summed E-state index contributed by atoms with van der Waals surface area (Å²) < 4.78 is 10.8. The number of amides is 1. The fourth-order valence-electron chi connectivity index (χ4n) is 2.62. The number of nitrogens with one attached hydrogen (secondary N) is 1. The minimum Gasteiger partial charge on any atom is -0.489 e. The van der Waals surface area contributed by atoms with Crippen molar-refractivity contribution < 1.29 is 14.1 Å². The molecule has 26 heavy (non-hydrogen) atoms. The highest BCUT2D eigenvalue weighted by Crippen LogP contribution is 2.15. The van der Waals surface area contributed by atoms with Gasteiger partial charge in [0.1, 0.15) is 18.1 Å². The summed E-state index contributed by atoms with van der Waals surface area (Å²) in [5.74, 6) is 1.45. The van der Waals surface area contributed by atoms with Crippen molar-refractivity contribution in [2.75, 3.05) is 0 Å². The number of hydrogen-bond acceptors (Lipinski definition) is 4. The van der Waals surface area contributed by atoms with Crippen LogP contribution < -0.4 is 10.1 Å². The van der Waals surface area contributed by atoms with Gasteiger partial charge in [-0.2, -0.15) is 0 Å². The largest absolute Gasteiger partial charge is 0.489 e. The van der Waals surface area contributed by atoms with Gasteiger partial charge in [-0.05, 0) is 37.1 Å². The molecule has 1 N–H and O–H groups in total. The smallest absolute Gasteiger partial charge is 0.224 e. The topological polar surface area (TPSA) is 64.4 Å². The summed E-state index contributed by atoms with van der Waals surface area (Å²) in [5, 5.41) is 6.79. The fraction of sp³-hybridized carbons (Fsp3) is 0.238. The van der Waals surface area contributed by atoms with Crippen molar-refractivity contribution in [2.24, 2.45) is 0 Å². The molecule has 0 aliphatic rings. The molecule has 2 aromatic carbocycles. The van der Waals surface area contributed by atoms with E-state index in [-0.39, 0.29) is 12.3 Å². The Bertz CT molecular complexity index is 835. The van der Waals surface area contributed by atoms with Crippen LogP contribution in [-0.4, -0.2) is 11.1 Å². The first-order valence-corrected chi connectivity index (χ1v) is 8.56. The van der Waals surface area contributed by atoms with Gasteiger partial charge in [-0.25, -0.2) is 0 Å². The lowest BCUT2D eigenvalue weighted by molar-refractivity contribution is -0.120. The number of aromatic nitrogens is 1. The van der Waals surface area contributed by atoms with Crippen LogP contribution in [0.4, 0.5) is 0 Å². The van der Waals surface area contributed by atoms with Crippen molar-refractivity contribution in [3.8, 4) is 5.75 Å². The van der Waals surface area contributed by atoms with E-state index in [4.69, 9.17) is 9.26 Å². The van der Waals surface area contributed by atoms with E-state index >= 15 is 0 Å². The van der Waals surface area contributed by atoms with Crippen molar-refractivity contribution in [2.45, 2.75) is 33.4 Å². The molecule has 0 radical (unpaired) electrons. The predicted molar refractivity (Wildman–Crippen MR) is 98.7 cm³/mol. The molecule has 1 amide bonds. The minimum atomic E-state index is -0.0520. The van der Waals surface area contributed by atoms with Gasteiger partial charge in [0.05, 0.1) is 12.1 Å². The average Bonchev–Trinajstić information content (AvgIpc) is 2.98. The van der Waals surface area contributed by atoms with Gasteiger partial charge < -0.3 is 14.6 Å². The molecule has 0 saturated heterocycles. The lowest BCUT2D eigenvalue weighted by atomic mass is 10.1. The van der Waals surface area contributed by atoms with Crippen molar-refractivity contribution in [1.82, 2.24) is 10.5 Å². The number of carbonyl (C=O) groups is 1. The highest BCUT2D eigenvalue weighted by molar-refractivity contribution is 5.79. The van der Waals surface area contributed by atoms with Gasteiger partial charge in [0.2, 0.25) is 5.91 Å². The zero-order chi connectivity index (χ0) is 18.4. The summed E-state index contributed by atoms with van der Waals surface area (Å²) in [6, 6.07) is 17.8. The van der Waals surface area contributed by atoms with Crippen LogP contribution in [0.5, 0.6) is 5.75 Å². The van der Waals surface area contributed by atoms with Crippen LogP contribution in [0.15, 0.2) is 59.1 Å². The highest BCUT2D eigenvalue weighted by atomic mass is 16.5. The number of ether oxygens (including phenoxy) is 1. The maximum Gasteiger partial charge on any atom is 0.224 e. The standard InChI is InChI=1S/C21H22N2O3/c1-15-20(16(2)26-23-15)12-21(24)22-13-17-8-10-19(11-9-17)25-14-18-6-4-3-5-7-18/h3-11H,12-14H2,1-2H3,(H,22,24). The Balaban J connectivity index is 1.47.